The van der Waals surface area contributed by atoms with Crippen LogP contribution in [0.15, 0.2) is 35.6 Å². The molecule has 1 heterocycles. The van der Waals surface area contributed by atoms with Crippen LogP contribution in [-0.4, -0.2) is 34.1 Å². The summed E-state index contributed by atoms with van der Waals surface area (Å²) in [6.07, 6.45) is 1.61. The molecular weight excluding hydrogens is 314 g/mol. The third kappa shape index (κ3) is 2.88. The maximum Gasteiger partial charge on any atom is 0.238 e. The summed E-state index contributed by atoms with van der Waals surface area (Å²) in [5.74, 6) is -0.171. The molecule has 0 fully saturated rings. The number of benzene rings is 1. The lowest BCUT2D eigenvalue weighted by Gasteiger charge is -2.39. The minimum absolute atomic E-state index is 0.0738. The highest BCUT2D eigenvalue weighted by molar-refractivity contribution is 6.27. The van der Waals surface area contributed by atoms with E-state index in [1.54, 1.807) is 4.90 Å². The first-order valence-electron chi connectivity index (χ1n) is 7.91. The van der Waals surface area contributed by atoms with Crippen molar-refractivity contribution in [1.82, 2.24) is 4.90 Å². The number of aliphatic hydroxyl groups is 1. The Labute approximate surface area is 140 Å². The molecule has 0 radical (unpaired) electrons. The summed E-state index contributed by atoms with van der Waals surface area (Å²) in [6, 6.07) is 7.27. The van der Waals surface area contributed by atoms with Gasteiger partial charge in [-0.3, -0.25) is 9.59 Å². The average Bonchev–Trinajstić information content (AvgIpc) is 2.53. The Morgan fingerprint density at radius 3 is 2.78 bits per heavy atom. The number of aliphatic hydroxyl groups excluding tert-OH is 1. The highest BCUT2D eigenvalue weighted by Gasteiger charge is 2.39. The third-order valence-electron chi connectivity index (χ3n) is 4.68. The molecule has 0 aromatic heterocycles. The Morgan fingerprint density at radius 1 is 1.35 bits per heavy atom. The fraction of sp³-hybridized carbons (Fsp3) is 0.444. The van der Waals surface area contributed by atoms with Crippen molar-refractivity contribution in [3.63, 3.8) is 0 Å². The number of nitrogens with zero attached hydrogens (tertiary/aromatic N) is 1. The van der Waals surface area contributed by atoms with Crippen molar-refractivity contribution in [2.24, 2.45) is 5.92 Å². The second kappa shape index (κ2) is 6.36. The standard InChI is InChI=1S/C18H20ClNO3/c1-11-8-14(21)17(15(22)9-11)18-13-5-3-2-4-12(13)6-7-20(18)16(23)10-19/h2-5,11,18,21H,6-10H2,1H3/t11?,18-/m0/s1. The Bertz CT molecular complexity index is 683. The molecule has 4 nitrogen and oxygen atoms in total. The average molecular weight is 334 g/mol. The number of allylic oxidation sites excluding steroid dienone is 1. The zero-order valence-corrected chi connectivity index (χ0v) is 13.8. The van der Waals surface area contributed by atoms with E-state index in [0.29, 0.717) is 25.0 Å². The molecule has 1 aliphatic heterocycles. The van der Waals surface area contributed by atoms with Crippen LogP contribution in [0.2, 0.25) is 0 Å². The summed E-state index contributed by atoms with van der Waals surface area (Å²) < 4.78 is 0. The molecule has 1 unspecified atom stereocenters. The fourth-order valence-electron chi connectivity index (χ4n) is 3.63. The van der Waals surface area contributed by atoms with Crippen LogP contribution in [0.4, 0.5) is 0 Å². The van der Waals surface area contributed by atoms with Gasteiger partial charge in [0.2, 0.25) is 5.91 Å². The van der Waals surface area contributed by atoms with Crippen LogP contribution in [0.3, 0.4) is 0 Å². The zero-order chi connectivity index (χ0) is 16.6. The van der Waals surface area contributed by atoms with Crippen molar-refractivity contribution in [3.8, 4) is 0 Å². The van der Waals surface area contributed by atoms with Gasteiger partial charge < -0.3 is 10.0 Å². The highest BCUT2D eigenvalue weighted by Crippen LogP contribution is 2.40. The topological polar surface area (TPSA) is 57.6 Å². The first-order valence-corrected chi connectivity index (χ1v) is 8.44. The Morgan fingerprint density at radius 2 is 2.09 bits per heavy atom. The quantitative estimate of drug-likeness (QED) is 0.846. The van der Waals surface area contributed by atoms with E-state index in [1.165, 1.54) is 0 Å². The van der Waals surface area contributed by atoms with E-state index >= 15 is 0 Å². The number of ketones is 1. The van der Waals surface area contributed by atoms with Gasteiger partial charge in [-0.05, 0) is 23.5 Å². The first kappa shape index (κ1) is 16.1. The monoisotopic (exact) mass is 333 g/mol. The summed E-state index contributed by atoms with van der Waals surface area (Å²) >= 11 is 5.76. The predicted octanol–water partition coefficient (Wildman–Crippen LogP) is 3.16. The van der Waals surface area contributed by atoms with Gasteiger partial charge in [0.1, 0.15) is 11.6 Å². The van der Waals surface area contributed by atoms with Gasteiger partial charge in [-0.1, -0.05) is 31.2 Å². The van der Waals surface area contributed by atoms with Crippen LogP contribution in [0, 0.1) is 5.92 Å². The fourth-order valence-corrected chi connectivity index (χ4v) is 3.79. The number of Topliss-reactive ketones (excluding diaryl/α,β-unsaturated/α-hetero) is 1. The van der Waals surface area contributed by atoms with Crippen molar-refractivity contribution in [1.29, 1.82) is 0 Å². The van der Waals surface area contributed by atoms with Gasteiger partial charge in [-0.25, -0.2) is 0 Å². The van der Waals surface area contributed by atoms with Crippen molar-refractivity contribution in [3.05, 3.63) is 46.7 Å². The number of halogens is 1. The molecule has 2 aliphatic rings. The predicted molar refractivity (Wildman–Crippen MR) is 88.4 cm³/mol. The molecule has 1 aromatic carbocycles. The number of hydrogen-bond donors (Lipinski definition) is 1. The van der Waals surface area contributed by atoms with Crippen LogP contribution in [0.1, 0.15) is 36.9 Å². The molecule has 0 spiro atoms. The lowest BCUT2D eigenvalue weighted by Crippen LogP contribution is -2.43. The zero-order valence-electron chi connectivity index (χ0n) is 13.1. The van der Waals surface area contributed by atoms with E-state index in [2.05, 4.69) is 0 Å². The summed E-state index contributed by atoms with van der Waals surface area (Å²) in [6.45, 7) is 2.45. The normalized spacial score (nSPS) is 24.6. The largest absolute Gasteiger partial charge is 0.512 e. The molecule has 0 saturated carbocycles. The number of carbonyl (C=O) groups excluding carboxylic acids is 2. The number of fused-ring (bicyclic) bond motifs is 1. The molecule has 2 atom stereocenters. The molecule has 1 aromatic rings. The minimum atomic E-state index is -0.522. The number of carbonyl (C=O) groups is 2. The lowest BCUT2D eigenvalue weighted by atomic mass is 9.79. The van der Waals surface area contributed by atoms with E-state index in [0.717, 1.165) is 17.5 Å². The van der Waals surface area contributed by atoms with E-state index in [-0.39, 0.29) is 29.2 Å². The Balaban J connectivity index is 2.13. The van der Waals surface area contributed by atoms with Gasteiger partial charge in [0.05, 0.1) is 11.6 Å². The van der Waals surface area contributed by atoms with Crippen LogP contribution in [0.25, 0.3) is 0 Å². The Hall–Kier alpha value is -1.81. The minimum Gasteiger partial charge on any atom is -0.512 e. The van der Waals surface area contributed by atoms with Crippen LogP contribution in [0.5, 0.6) is 0 Å². The van der Waals surface area contributed by atoms with Crippen molar-refractivity contribution in [2.75, 3.05) is 12.4 Å². The molecule has 0 bridgehead atoms. The van der Waals surface area contributed by atoms with E-state index < -0.39 is 6.04 Å². The van der Waals surface area contributed by atoms with Gasteiger partial charge in [-0.2, -0.15) is 0 Å². The number of amides is 1. The SMILES string of the molecule is CC1CC(=O)C([C@@H]2c3ccccc3CCN2C(=O)CCl)=C(O)C1. The van der Waals surface area contributed by atoms with Crippen LogP contribution < -0.4 is 0 Å². The maximum atomic E-state index is 12.6. The molecule has 1 N–H and O–H groups in total. The van der Waals surface area contributed by atoms with E-state index in [9.17, 15) is 14.7 Å². The van der Waals surface area contributed by atoms with Gasteiger partial charge in [-0.15, -0.1) is 11.6 Å². The second-order valence-corrected chi connectivity index (χ2v) is 6.64. The Kier molecular flexibility index (Phi) is 4.44. The van der Waals surface area contributed by atoms with E-state index in [1.807, 2.05) is 31.2 Å². The highest BCUT2D eigenvalue weighted by atomic mass is 35.5. The van der Waals surface area contributed by atoms with Gasteiger partial charge in [0.15, 0.2) is 5.78 Å². The molecule has 122 valence electrons. The summed E-state index contributed by atoms with van der Waals surface area (Å²) in [4.78, 5) is 26.5. The number of alkyl halides is 1. The lowest BCUT2D eigenvalue weighted by molar-refractivity contribution is -0.131. The van der Waals surface area contributed by atoms with Crippen molar-refractivity contribution >= 4 is 23.3 Å². The summed E-state index contributed by atoms with van der Waals surface area (Å²) in [5, 5.41) is 10.4. The maximum absolute atomic E-state index is 12.6. The van der Waals surface area contributed by atoms with Crippen LogP contribution >= 0.6 is 11.6 Å². The molecular formula is C18H20ClNO3. The molecule has 1 aliphatic carbocycles. The summed E-state index contributed by atoms with van der Waals surface area (Å²) in [7, 11) is 0. The van der Waals surface area contributed by atoms with Crippen molar-refractivity contribution in [2.45, 2.75) is 32.2 Å². The molecule has 0 saturated heterocycles. The van der Waals surface area contributed by atoms with Crippen LogP contribution in [-0.2, 0) is 16.0 Å². The number of hydrogen-bond acceptors (Lipinski definition) is 3. The smallest absolute Gasteiger partial charge is 0.238 e. The molecule has 3 rings (SSSR count). The van der Waals surface area contributed by atoms with Gasteiger partial charge >= 0.3 is 0 Å². The van der Waals surface area contributed by atoms with Gasteiger partial charge in [0, 0.05) is 19.4 Å². The molecule has 23 heavy (non-hydrogen) atoms. The number of rotatable bonds is 2. The van der Waals surface area contributed by atoms with E-state index in [4.69, 9.17) is 11.6 Å². The molecule has 5 heteroatoms. The first-order chi connectivity index (χ1) is 11.0. The van der Waals surface area contributed by atoms with Crippen molar-refractivity contribution < 1.29 is 14.7 Å². The van der Waals surface area contributed by atoms with Gasteiger partial charge in [0.25, 0.3) is 0 Å². The molecule has 1 amide bonds. The third-order valence-corrected chi connectivity index (χ3v) is 4.91. The summed E-state index contributed by atoms with van der Waals surface area (Å²) in [5.41, 5.74) is 2.40. The second-order valence-electron chi connectivity index (χ2n) is 6.37.